The first-order chi connectivity index (χ1) is 4.92. The molecule has 64 valence electrons. The minimum absolute atomic E-state index is 0.114. The maximum atomic E-state index is 11.5. The minimum atomic E-state index is -4.15. The van der Waals surface area contributed by atoms with Crippen LogP contribution in [0, 0.1) is 0 Å². The number of allylic oxidation sites excluding steroid dienone is 1. The zero-order valence-corrected chi connectivity index (χ0v) is 7.02. The highest BCUT2D eigenvalue weighted by Gasteiger charge is 2.24. The van der Waals surface area contributed by atoms with Crippen molar-refractivity contribution in [3.05, 3.63) is 11.5 Å². The fraction of sp³-hybridized carbons (Fsp3) is 0.400. The van der Waals surface area contributed by atoms with E-state index in [0.29, 0.717) is 0 Å². The summed E-state index contributed by atoms with van der Waals surface area (Å²) >= 11 is 5.31. The molecule has 0 aromatic carbocycles. The second kappa shape index (κ2) is 4.61. The van der Waals surface area contributed by atoms with Crippen molar-refractivity contribution >= 4 is 28.3 Å². The monoisotopic (exact) mass is 201 g/mol. The molecule has 0 aliphatic rings. The third-order valence-corrected chi connectivity index (χ3v) is 1.48. The Morgan fingerprint density at radius 2 is 2.09 bits per heavy atom. The molecule has 0 spiro atoms. The van der Waals surface area contributed by atoms with Crippen molar-refractivity contribution in [2.45, 2.75) is 12.6 Å². The van der Waals surface area contributed by atoms with Gasteiger partial charge >= 0.3 is 6.18 Å². The summed E-state index contributed by atoms with van der Waals surface area (Å²) in [6, 6.07) is 0. The molecule has 0 aliphatic heterocycles. The summed E-state index contributed by atoms with van der Waals surface area (Å²) < 4.78 is 34.5. The van der Waals surface area contributed by atoms with Crippen molar-refractivity contribution in [2.75, 3.05) is 0 Å². The minimum Gasteiger partial charge on any atom is -0.384 e. The van der Waals surface area contributed by atoms with Gasteiger partial charge in [-0.15, -0.1) is 0 Å². The normalized spacial score (nSPS) is 12.3. The number of thioether (sulfide) groups is 1. The first-order valence-electron chi connectivity index (χ1n) is 2.59. The molecule has 1 nitrogen and oxygen atoms in total. The molecular formula is C5H6F3NS2. The standard InChI is InChI=1S/C5H6F3NS2/c6-5(7,8)2-1-3-11-4(9)10/h1,3H,2H2,(H2,9,10). The van der Waals surface area contributed by atoms with Crippen LogP contribution in [0.5, 0.6) is 0 Å². The van der Waals surface area contributed by atoms with Crippen LogP contribution < -0.4 is 5.73 Å². The molecule has 0 saturated carbocycles. The van der Waals surface area contributed by atoms with Gasteiger partial charge < -0.3 is 5.73 Å². The number of alkyl halides is 3. The Morgan fingerprint density at radius 3 is 2.45 bits per heavy atom. The van der Waals surface area contributed by atoms with Gasteiger partial charge in [0.05, 0.1) is 6.42 Å². The molecule has 0 bridgehead atoms. The third-order valence-electron chi connectivity index (χ3n) is 0.630. The van der Waals surface area contributed by atoms with Crippen molar-refractivity contribution in [1.29, 1.82) is 0 Å². The molecule has 0 rings (SSSR count). The number of halogens is 3. The van der Waals surface area contributed by atoms with E-state index in [4.69, 9.17) is 5.73 Å². The van der Waals surface area contributed by atoms with E-state index in [9.17, 15) is 13.2 Å². The molecule has 0 amide bonds. The second-order valence-corrected chi connectivity index (χ2v) is 3.27. The van der Waals surface area contributed by atoms with Crippen LogP contribution in [-0.4, -0.2) is 10.5 Å². The van der Waals surface area contributed by atoms with Gasteiger partial charge in [0.2, 0.25) is 0 Å². The van der Waals surface area contributed by atoms with Gasteiger partial charge in [0.15, 0.2) is 0 Å². The van der Waals surface area contributed by atoms with Crippen molar-refractivity contribution in [1.82, 2.24) is 0 Å². The Kier molecular flexibility index (Phi) is 4.51. The van der Waals surface area contributed by atoms with Gasteiger partial charge in [-0.3, -0.25) is 0 Å². The quantitative estimate of drug-likeness (QED) is 0.695. The molecule has 0 unspecified atom stereocenters. The molecule has 0 aromatic rings. The summed E-state index contributed by atoms with van der Waals surface area (Å²) in [6.45, 7) is 0. The summed E-state index contributed by atoms with van der Waals surface area (Å²) in [4.78, 5) is 0. The van der Waals surface area contributed by atoms with E-state index < -0.39 is 12.6 Å². The zero-order chi connectivity index (χ0) is 8.91. The molecule has 0 aromatic heterocycles. The number of hydrogen-bond donors (Lipinski definition) is 1. The van der Waals surface area contributed by atoms with Gasteiger partial charge in [-0.05, 0) is 5.41 Å². The lowest BCUT2D eigenvalue weighted by molar-refractivity contribution is -0.124. The van der Waals surface area contributed by atoms with E-state index in [1.165, 1.54) is 5.41 Å². The van der Waals surface area contributed by atoms with E-state index in [1.807, 2.05) is 0 Å². The average molecular weight is 201 g/mol. The second-order valence-electron chi connectivity index (χ2n) is 1.63. The lowest BCUT2D eigenvalue weighted by Gasteiger charge is -1.99. The predicted molar refractivity (Wildman–Crippen MR) is 44.2 cm³/mol. The Morgan fingerprint density at radius 1 is 1.55 bits per heavy atom. The summed E-state index contributed by atoms with van der Waals surface area (Å²) in [6.07, 6.45) is -4.11. The fourth-order valence-corrected chi connectivity index (χ4v) is 0.790. The van der Waals surface area contributed by atoms with E-state index in [-0.39, 0.29) is 4.32 Å². The summed E-state index contributed by atoms with van der Waals surface area (Å²) in [5, 5.41) is 1.23. The third kappa shape index (κ3) is 9.77. The number of nitrogens with two attached hydrogens (primary N) is 1. The smallest absolute Gasteiger partial charge is 0.384 e. The highest BCUT2D eigenvalue weighted by molar-refractivity contribution is 8.24. The topological polar surface area (TPSA) is 26.0 Å². The van der Waals surface area contributed by atoms with Gasteiger partial charge in [-0.2, -0.15) is 13.2 Å². The summed E-state index contributed by atoms with van der Waals surface area (Å²) in [5.41, 5.74) is 5.00. The SMILES string of the molecule is NC(=S)SC=CCC(F)(F)F. The summed E-state index contributed by atoms with van der Waals surface area (Å²) in [5.74, 6) is 0. The number of rotatable bonds is 2. The van der Waals surface area contributed by atoms with Gasteiger partial charge in [0.1, 0.15) is 4.32 Å². The maximum Gasteiger partial charge on any atom is 0.392 e. The largest absolute Gasteiger partial charge is 0.392 e. The molecule has 0 atom stereocenters. The molecule has 2 N–H and O–H groups in total. The zero-order valence-electron chi connectivity index (χ0n) is 5.39. The van der Waals surface area contributed by atoms with Crippen LogP contribution in [0.25, 0.3) is 0 Å². The van der Waals surface area contributed by atoms with Crippen LogP contribution in [0.15, 0.2) is 11.5 Å². The van der Waals surface area contributed by atoms with E-state index in [1.54, 1.807) is 0 Å². The van der Waals surface area contributed by atoms with Gasteiger partial charge in [-0.1, -0.05) is 30.1 Å². The number of hydrogen-bond acceptors (Lipinski definition) is 2. The molecule has 0 aliphatic carbocycles. The molecular weight excluding hydrogens is 195 g/mol. The van der Waals surface area contributed by atoms with Gasteiger partial charge in [-0.25, -0.2) is 0 Å². The highest BCUT2D eigenvalue weighted by atomic mass is 32.2. The fourth-order valence-electron chi connectivity index (χ4n) is 0.297. The van der Waals surface area contributed by atoms with Crippen molar-refractivity contribution in [3.8, 4) is 0 Å². The molecule has 6 heteroatoms. The molecule has 11 heavy (non-hydrogen) atoms. The Bertz CT molecular complexity index is 164. The van der Waals surface area contributed by atoms with Crippen LogP contribution >= 0.6 is 24.0 Å². The first kappa shape index (κ1) is 10.8. The molecule has 0 radical (unpaired) electrons. The maximum absolute atomic E-state index is 11.5. The van der Waals surface area contributed by atoms with Gasteiger partial charge in [0.25, 0.3) is 0 Å². The first-order valence-corrected chi connectivity index (χ1v) is 3.88. The molecule has 0 heterocycles. The van der Waals surface area contributed by atoms with E-state index in [0.717, 1.165) is 17.8 Å². The van der Waals surface area contributed by atoms with Crippen molar-refractivity contribution < 1.29 is 13.2 Å². The summed E-state index contributed by atoms with van der Waals surface area (Å²) in [7, 11) is 0. The molecule has 0 fully saturated rings. The van der Waals surface area contributed by atoms with E-state index >= 15 is 0 Å². The highest BCUT2D eigenvalue weighted by Crippen LogP contribution is 2.20. The molecule has 0 saturated heterocycles. The van der Waals surface area contributed by atoms with Crippen LogP contribution in [0.3, 0.4) is 0 Å². The Labute approximate surface area is 71.8 Å². The van der Waals surface area contributed by atoms with Crippen molar-refractivity contribution in [2.24, 2.45) is 5.73 Å². The van der Waals surface area contributed by atoms with Crippen molar-refractivity contribution in [3.63, 3.8) is 0 Å². The van der Waals surface area contributed by atoms with Crippen LogP contribution in [0.1, 0.15) is 6.42 Å². The predicted octanol–water partition coefficient (Wildman–Crippen LogP) is 2.43. The van der Waals surface area contributed by atoms with E-state index in [2.05, 4.69) is 12.2 Å². The number of thiocarbonyl (C=S) groups is 1. The lowest BCUT2D eigenvalue weighted by Crippen LogP contribution is -2.04. The van der Waals surface area contributed by atoms with Crippen LogP contribution in [0.4, 0.5) is 13.2 Å². The Balaban J connectivity index is 3.53. The lowest BCUT2D eigenvalue weighted by atomic mass is 10.4. The Hall–Kier alpha value is -0.230. The van der Waals surface area contributed by atoms with Crippen LogP contribution in [-0.2, 0) is 0 Å². The van der Waals surface area contributed by atoms with Gasteiger partial charge in [0, 0.05) is 0 Å². The van der Waals surface area contributed by atoms with Crippen LogP contribution in [0.2, 0.25) is 0 Å². The average Bonchev–Trinajstić information content (AvgIpc) is 1.78.